The van der Waals surface area contributed by atoms with Crippen molar-refractivity contribution in [3.05, 3.63) is 63.6 Å². The Balaban J connectivity index is 1.78. The fourth-order valence-corrected chi connectivity index (χ4v) is 4.48. The number of rotatable bonds is 8. The van der Waals surface area contributed by atoms with Gasteiger partial charge in [-0.1, -0.05) is 60.7 Å². The average molecular weight is 477 g/mol. The van der Waals surface area contributed by atoms with Gasteiger partial charge < -0.3 is 15.0 Å². The second kappa shape index (κ2) is 11.6. The Morgan fingerprint density at radius 3 is 2.41 bits per heavy atom. The molecular weight excluding hydrogens is 447 g/mol. The molecule has 0 aromatic heterocycles. The van der Waals surface area contributed by atoms with Gasteiger partial charge >= 0.3 is 0 Å². The van der Waals surface area contributed by atoms with Crippen molar-refractivity contribution in [1.29, 1.82) is 0 Å². The third-order valence-electron chi connectivity index (χ3n) is 5.99. The highest BCUT2D eigenvalue weighted by atomic mass is 35.5. The van der Waals surface area contributed by atoms with E-state index >= 15 is 0 Å². The van der Waals surface area contributed by atoms with E-state index in [1.165, 1.54) is 6.42 Å². The van der Waals surface area contributed by atoms with E-state index in [1.54, 1.807) is 37.1 Å². The summed E-state index contributed by atoms with van der Waals surface area (Å²) in [6.45, 7) is 2.09. The maximum Gasteiger partial charge on any atom is 0.242 e. The zero-order valence-corrected chi connectivity index (χ0v) is 20.1. The van der Waals surface area contributed by atoms with Crippen LogP contribution in [0.2, 0.25) is 10.0 Å². The number of nitrogens with one attached hydrogen (secondary N) is 1. The number of hydrogen-bond donors (Lipinski definition) is 1. The first-order chi connectivity index (χ1) is 15.4. The van der Waals surface area contributed by atoms with Crippen LogP contribution in [-0.4, -0.2) is 35.9 Å². The van der Waals surface area contributed by atoms with Crippen LogP contribution < -0.4 is 10.1 Å². The summed E-state index contributed by atoms with van der Waals surface area (Å²) >= 11 is 12.3. The van der Waals surface area contributed by atoms with Crippen molar-refractivity contribution in [3.8, 4) is 5.75 Å². The van der Waals surface area contributed by atoms with Crippen LogP contribution in [0.1, 0.15) is 50.2 Å². The minimum absolute atomic E-state index is 0.0905. The predicted molar refractivity (Wildman–Crippen MR) is 128 cm³/mol. The third-order valence-corrected chi connectivity index (χ3v) is 6.57. The van der Waals surface area contributed by atoms with Gasteiger partial charge in [0.15, 0.2) is 0 Å². The summed E-state index contributed by atoms with van der Waals surface area (Å²) in [7, 11) is 1.61. The van der Waals surface area contributed by atoms with Gasteiger partial charge in [0.25, 0.3) is 0 Å². The second-order valence-corrected chi connectivity index (χ2v) is 9.15. The summed E-state index contributed by atoms with van der Waals surface area (Å²) < 4.78 is 5.22. The van der Waals surface area contributed by atoms with Gasteiger partial charge in [0, 0.05) is 22.6 Å². The van der Waals surface area contributed by atoms with Gasteiger partial charge in [-0.3, -0.25) is 9.59 Å². The molecule has 1 N–H and O–H groups in total. The first kappa shape index (κ1) is 24.4. The number of ether oxygens (including phenoxy) is 1. The molecule has 172 valence electrons. The Morgan fingerprint density at radius 2 is 1.78 bits per heavy atom. The SMILES string of the molecule is COc1ccc(CN(C(=O)Cc2ccc(Cl)cc2Cl)[C@H](C)C(=O)NC2CCCCC2)cc1. The van der Waals surface area contributed by atoms with Crippen molar-refractivity contribution in [2.75, 3.05) is 7.11 Å². The smallest absolute Gasteiger partial charge is 0.242 e. The molecule has 32 heavy (non-hydrogen) atoms. The van der Waals surface area contributed by atoms with Crippen molar-refractivity contribution < 1.29 is 14.3 Å². The maximum absolute atomic E-state index is 13.3. The van der Waals surface area contributed by atoms with E-state index in [4.69, 9.17) is 27.9 Å². The molecule has 1 aliphatic rings. The number of amides is 2. The van der Waals surface area contributed by atoms with Crippen LogP contribution in [-0.2, 0) is 22.6 Å². The largest absolute Gasteiger partial charge is 0.497 e. The van der Waals surface area contributed by atoms with Gasteiger partial charge in [-0.2, -0.15) is 0 Å². The predicted octanol–water partition coefficient (Wildman–Crippen LogP) is 5.41. The van der Waals surface area contributed by atoms with Gasteiger partial charge in [-0.05, 0) is 55.2 Å². The first-order valence-electron chi connectivity index (χ1n) is 11.0. The minimum Gasteiger partial charge on any atom is -0.497 e. The minimum atomic E-state index is -0.613. The molecule has 2 aromatic carbocycles. The van der Waals surface area contributed by atoms with Crippen LogP contribution in [0.4, 0.5) is 0 Å². The zero-order chi connectivity index (χ0) is 23.1. The zero-order valence-electron chi connectivity index (χ0n) is 18.6. The molecule has 2 amide bonds. The van der Waals surface area contributed by atoms with Crippen molar-refractivity contribution in [1.82, 2.24) is 10.2 Å². The second-order valence-electron chi connectivity index (χ2n) is 8.30. The van der Waals surface area contributed by atoms with E-state index in [0.29, 0.717) is 22.2 Å². The van der Waals surface area contributed by atoms with E-state index in [2.05, 4.69) is 5.32 Å². The van der Waals surface area contributed by atoms with Crippen LogP contribution in [0.3, 0.4) is 0 Å². The van der Waals surface area contributed by atoms with Crippen LogP contribution in [0.25, 0.3) is 0 Å². The lowest BCUT2D eigenvalue weighted by atomic mass is 9.95. The summed E-state index contributed by atoms with van der Waals surface area (Å²) in [5, 5.41) is 4.10. The van der Waals surface area contributed by atoms with Crippen molar-refractivity contribution in [3.63, 3.8) is 0 Å². The molecule has 0 unspecified atom stereocenters. The highest BCUT2D eigenvalue weighted by Gasteiger charge is 2.28. The number of methoxy groups -OCH3 is 1. The molecule has 0 bridgehead atoms. The molecule has 5 nitrogen and oxygen atoms in total. The molecule has 1 atom stereocenters. The Bertz CT molecular complexity index is 927. The van der Waals surface area contributed by atoms with E-state index in [0.717, 1.165) is 37.0 Å². The lowest BCUT2D eigenvalue weighted by Crippen LogP contribution is -2.50. The molecule has 7 heteroatoms. The fraction of sp³-hybridized carbons (Fsp3) is 0.440. The molecule has 0 heterocycles. The van der Waals surface area contributed by atoms with Crippen molar-refractivity contribution in [2.45, 2.75) is 64.1 Å². The van der Waals surface area contributed by atoms with E-state index in [9.17, 15) is 9.59 Å². The normalized spacial score (nSPS) is 15.1. The Labute approximate surface area is 200 Å². The number of nitrogens with zero attached hydrogens (tertiary/aromatic N) is 1. The summed E-state index contributed by atoms with van der Waals surface area (Å²) in [6, 6.07) is 12.2. The fourth-order valence-electron chi connectivity index (χ4n) is 4.01. The van der Waals surface area contributed by atoms with Gasteiger partial charge in [0.05, 0.1) is 13.5 Å². The Kier molecular flexibility index (Phi) is 8.83. The van der Waals surface area contributed by atoms with E-state index < -0.39 is 6.04 Å². The molecule has 1 saturated carbocycles. The number of benzene rings is 2. The number of carbonyl (C=O) groups is 2. The highest BCUT2D eigenvalue weighted by Crippen LogP contribution is 2.23. The summed E-state index contributed by atoms with van der Waals surface area (Å²) in [5.74, 6) is 0.444. The molecule has 0 saturated heterocycles. The van der Waals surface area contributed by atoms with Crippen LogP contribution in [0.15, 0.2) is 42.5 Å². The molecule has 0 aliphatic heterocycles. The van der Waals surface area contributed by atoms with Gasteiger partial charge in [0.2, 0.25) is 11.8 Å². The lowest BCUT2D eigenvalue weighted by Gasteiger charge is -2.31. The topological polar surface area (TPSA) is 58.6 Å². The molecule has 1 aliphatic carbocycles. The van der Waals surface area contributed by atoms with Gasteiger partial charge in [0.1, 0.15) is 11.8 Å². The van der Waals surface area contributed by atoms with Gasteiger partial charge in [-0.15, -0.1) is 0 Å². The summed E-state index contributed by atoms with van der Waals surface area (Å²) in [4.78, 5) is 28.0. The van der Waals surface area contributed by atoms with Gasteiger partial charge in [-0.25, -0.2) is 0 Å². The van der Waals surface area contributed by atoms with Crippen LogP contribution in [0.5, 0.6) is 5.75 Å². The average Bonchev–Trinajstić information content (AvgIpc) is 2.79. The molecular formula is C25H30Cl2N2O3. The highest BCUT2D eigenvalue weighted by molar-refractivity contribution is 6.35. The summed E-state index contributed by atoms with van der Waals surface area (Å²) in [5.41, 5.74) is 1.60. The Morgan fingerprint density at radius 1 is 1.09 bits per heavy atom. The quantitative estimate of drug-likeness (QED) is 0.553. The number of halogens is 2. The monoisotopic (exact) mass is 476 g/mol. The van der Waals surface area contributed by atoms with E-state index in [-0.39, 0.29) is 24.3 Å². The maximum atomic E-state index is 13.3. The van der Waals surface area contributed by atoms with Crippen molar-refractivity contribution >= 4 is 35.0 Å². The van der Waals surface area contributed by atoms with E-state index in [1.807, 2.05) is 24.3 Å². The Hall–Kier alpha value is -2.24. The number of carbonyl (C=O) groups excluding carboxylic acids is 2. The third kappa shape index (κ3) is 6.63. The molecule has 0 spiro atoms. The van der Waals surface area contributed by atoms with Crippen LogP contribution >= 0.6 is 23.2 Å². The molecule has 3 rings (SSSR count). The molecule has 0 radical (unpaired) electrons. The standard InChI is InChI=1S/C25H30Cl2N2O3/c1-17(25(31)28-21-6-4-3-5-7-21)29(16-18-8-12-22(32-2)13-9-18)24(30)14-19-10-11-20(26)15-23(19)27/h8-13,15,17,21H,3-7,14,16H2,1-2H3,(H,28,31)/t17-/m1/s1. The van der Waals surface area contributed by atoms with Crippen LogP contribution in [0, 0.1) is 0 Å². The molecule has 2 aromatic rings. The van der Waals surface area contributed by atoms with Crippen molar-refractivity contribution in [2.24, 2.45) is 0 Å². The first-order valence-corrected chi connectivity index (χ1v) is 11.8. The number of hydrogen-bond acceptors (Lipinski definition) is 3. The molecule has 1 fully saturated rings. The summed E-state index contributed by atoms with van der Waals surface area (Å²) in [6.07, 6.45) is 5.54. The lowest BCUT2D eigenvalue weighted by molar-refractivity contribution is -0.140.